The van der Waals surface area contributed by atoms with Crippen molar-refractivity contribution in [2.75, 3.05) is 19.7 Å². The first-order valence-corrected chi connectivity index (χ1v) is 11.7. The molecule has 3 aromatic carbocycles. The maximum atomic E-state index is 12.3. The van der Waals surface area contributed by atoms with Crippen LogP contribution in [0.2, 0.25) is 0 Å². The fraction of sp³-hybridized carbons (Fsp3) is 0.241. The predicted octanol–water partition coefficient (Wildman–Crippen LogP) is 4.74. The Bertz CT molecular complexity index is 1090. The highest BCUT2D eigenvalue weighted by molar-refractivity contribution is 6.06. The molecule has 1 heterocycles. The minimum absolute atomic E-state index is 0.0363. The highest BCUT2D eigenvalue weighted by Gasteiger charge is 2.20. The van der Waals surface area contributed by atoms with Gasteiger partial charge in [0.05, 0.1) is 0 Å². The Morgan fingerprint density at radius 2 is 1.53 bits per heavy atom. The molecule has 0 bridgehead atoms. The van der Waals surface area contributed by atoms with Crippen LogP contribution in [0.4, 0.5) is 0 Å². The fourth-order valence-electron chi connectivity index (χ4n) is 4.04. The second-order valence-corrected chi connectivity index (χ2v) is 8.52. The van der Waals surface area contributed by atoms with Crippen LogP contribution >= 0.6 is 0 Å². The molecule has 4 rings (SSSR count). The Labute approximate surface area is 201 Å². The van der Waals surface area contributed by atoms with E-state index in [-0.39, 0.29) is 24.3 Å². The molecule has 0 spiro atoms. The molecular weight excluding hydrogens is 424 g/mol. The number of likely N-dealkylation sites (tertiary alicyclic amines) is 1. The molecule has 5 heteroatoms. The molecule has 1 aliphatic heterocycles. The second-order valence-electron chi connectivity index (χ2n) is 8.52. The monoisotopic (exact) mass is 454 g/mol. The van der Waals surface area contributed by atoms with E-state index in [1.165, 1.54) is 5.56 Å². The third-order valence-corrected chi connectivity index (χ3v) is 5.94. The number of carbonyl (C=O) groups is 2. The van der Waals surface area contributed by atoms with Gasteiger partial charge in [0, 0.05) is 31.2 Å². The summed E-state index contributed by atoms with van der Waals surface area (Å²) < 4.78 is 5.62. The van der Waals surface area contributed by atoms with Gasteiger partial charge in [0.25, 0.3) is 5.91 Å². The molecule has 1 aliphatic rings. The predicted molar refractivity (Wildman–Crippen MR) is 135 cm³/mol. The third-order valence-electron chi connectivity index (χ3n) is 5.94. The molecule has 1 fully saturated rings. The SMILES string of the molecule is O=C(COc1ccc(C(=O)/C=C/c2ccccc2)cc1)NC1CCN(Cc2ccccc2)CC1. The van der Waals surface area contributed by atoms with E-state index < -0.39 is 0 Å². The van der Waals surface area contributed by atoms with Crippen molar-refractivity contribution in [3.8, 4) is 5.75 Å². The standard InChI is InChI=1S/C29H30N2O3/c32-28(16-11-23-7-3-1-4-8-23)25-12-14-27(15-13-25)34-22-29(33)30-26-17-19-31(20-18-26)21-24-9-5-2-6-10-24/h1-16,26H,17-22H2,(H,30,33)/b16-11+. The fourth-order valence-corrected chi connectivity index (χ4v) is 4.04. The van der Waals surface area contributed by atoms with Crippen LogP contribution in [-0.4, -0.2) is 42.3 Å². The maximum absolute atomic E-state index is 12.3. The molecule has 1 amide bonds. The Balaban J connectivity index is 1.17. The van der Waals surface area contributed by atoms with E-state index >= 15 is 0 Å². The lowest BCUT2D eigenvalue weighted by molar-refractivity contribution is -0.124. The van der Waals surface area contributed by atoms with E-state index in [2.05, 4.69) is 34.5 Å². The zero-order chi connectivity index (χ0) is 23.6. The molecule has 5 nitrogen and oxygen atoms in total. The number of rotatable bonds is 9. The van der Waals surface area contributed by atoms with Crippen LogP contribution in [0.3, 0.4) is 0 Å². The summed E-state index contributed by atoms with van der Waals surface area (Å²) in [5, 5.41) is 3.08. The van der Waals surface area contributed by atoms with Crippen LogP contribution in [0.25, 0.3) is 6.08 Å². The molecule has 1 saturated heterocycles. The van der Waals surface area contributed by atoms with Gasteiger partial charge in [0.2, 0.25) is 0 Å². The van der Waals surface area contributed by atoms with E-state index in [1.54, 1.807) is 36.4 Å². The molecule has 1 N–H and O–H groups in total. The van der Waals surface area contributed by atoms with Crippen molar-refractivity contribution in [1.82, 2.24) is 10.2 Å². The second kappa shape index (κ2) is 12.0. The highest BCUT2D eigenvalue weighted by atomic mass is 16.5. The molecule has 0 atom stereocenters. The van der Waals surface area contributed by atoms with Crippen LogP contribution in [0.1, 0.15) is 34.3 Å². The van der Waals surface area contributed by atoms with Crippen LogP contribution in [0, 0.1) is 0 Å². The van der Waals surface area contributed by atoms with Gasteiger partial charge in [-0.2, -0.15) is 0 Å². The minimum Gasteiger partial charge on any atom is -0.484 e. The van der Waals surface area contributed by atoms with Gasteiger partial charge in [0.15, 0.2) is 12.4 Å². The normalized spacial score (nSPS) is 14.7. The lowest BCUT2D eigenvalue weighted by Gasteiger charge is -2.32. The molecule has 0 unspecified atom stereocenters. The Hall–Kier alpha value is -3.70. The lowest BCUT2D eigenvalue weighted by Crippen LogP contribution is -2.45. The van der Waals surface area contributed by atoms with Gasteiger partial charge >= 0.3 is 0 Å². The minimum atomic E-state index is -0.118. The van der Waals surface area contributed by atoms with Gasteiger partial charge in [-0.05, 0) is 54.3 Å². The average molecular weight is 455 g/mol. The molecule has 0 aliphatic carbocycles. The van der Waals surface area contributed by atoms with Crippen LogP contribution in [0.15, 0.2) is 91.0 Å². The molecular formula is C29H30N2O3. The summed E-state index contributed by atoms with van der Waals surface area (Å²) in [5.41, 5.74) is 2.87. The van der Waals surface area contributed by atoms with E-state index in [9.17, 15) is 9.59 Å². The number of ether oxygens (including phenoxy) is 1. The van der Waals surface area contributed by atoms with Crippen molar-refractivity contribution < 1.29 is 14.3 Å². The maximum Gasteiger partial charge on any atom is 0.258 e. The van der Waals surface area contributed by atoms with Gasteiger partial charge in [-0.3, -0.25) is 14.5 Å². The van der Waals surface area contributed by atoms with Crippen molar-refractivity contribution >= 4 is 17.8 Å². The van der Waals surface area contributed by atoms with E-state index in [0.29, 0.717) is 11.3 Å². The zero-order valence-corrected chi connectivity index (χ0v) is 19.2. The van der Waals surface area contributed by atoms with E-state index in [0.717, 1.165) is 38.0 Å². The number of piperidine rings is 1. The zero-order valence-electron chi connectivity index (χ0n) is 19.2. The first kappa shape index (κ1) is 23.5. The summed E-state index contributed by atoms with van der Waals surface area (Å²) in [7, 11) is 0. The summed E-state index contributed by atoms with van der Waals surface area (Å²) in [5.74, 6) is 0.371. The van der Waals surface area contributed by atoms with Crippen molar-refractivity contribution in [2.24, 2.45) is 0 Å². The number of nitrogens with zero attached hydrogens (tertiary/aromatic N) is 1. The van der Waals surface area contributed by atoms with Gasteiger partial charge < -0.3 is 10.1 Å². The number of ketones is 1. The summed E-state index contributed by atoms with van der Waals surface area (Å²) in [6, 6.07) is 27.2. The first-order valence-electron chi connectivity index (χ1n) is 11.7. The summed E-state index contributed by atoms with van der Waals surface area (Å²) in [6.45, 7) is 2.85. The molecule has 174 valence electrons. The van der Waals surface area contributed by atoms with Crippen LogP contribution < -0.4 is 10.1 Å². The molecule has 34 heavy (non-hydrogen) atoms. The Morgan fingerprint density at radius 1 is 0.882 bits per heavy atom. The van der Waals surface area contributed by atoms with Gasteiger partial charge in [-0.25, -0.2) is 0 Å². The molecule has 3 aromatic rings. The average Bonchev–Trinajstić information content (AvgIpc) is 2.89. The summed E-state index contributed by atoms with van der Waals surface area (Å²) in [6.07, 6.45) is 5.23. The van der Waals surface area contributed by atoms with E-state index in [4.69, 9.17) is 4.74 Å². The Kier molecular flexibility index (Phi) is 8.25. The smallest absolute Gasteiger partial charge is 0.258 e. The molecule has 0 radical (unpaired) electrons. The van der Waals surface area contributed by atoms with E-state index in [1.807, 2.05) is 36.4 Å². The first-order chi connectivity index (χ1) is 16.7. The topological polar surface area (TPSA) is 58.6 Å². The highest BCUT2D eigenvalue weighted by Crippen LogP contribution is 2.15. The quantitative estimate of drug-likeness (QED) is 0.375. The van der Waals surface area contributed by atoms with Crippen molar-refractivity contribution in [2.45, 2.75) is 25.4 Å². The number of carbonyl (C=O) groups excluding carboxylic acids is 2. The largest absolute Gasteiger partial charge is 0.484 e. The van der Waals surface area contributed by atoms with Crippen molar-refractivity contribution in [3.05, 3.63) is 108 Å². The van der Waals surface area contributed by atoms with Gasteiger partial charge in [-0.1, -0.05) is 66.7 Å². The van der Waals surface area contributed by atoms with Crippen LogP contribution in [-0.2, 0) is 11.3 Å². The van der Waals surface area contributed by atoms with Gasteiger partial charge in [-0.15, -0.1) is 0 Å². The number of nitrogens with one attached hydrogen (secondary N) is 1. The van der Waals surface area contributed by atoms with Crippen LogP contribution in [0.5, 0.6) is 5.75 Å². The number of hydrogen-bond donors (Lipinski definition) is 1. The number of benzene rings is 3. The lowest BCUT2D eigenvalue weighted by atomic mass is 10.0. The number of amides is 1. The molecule has 0 aromatic heterocycles. The Morgan fingerprint density at radius 3 is 2.21 bits per heavy atom. The number of allylic oxidation sites excluding steroid dienone is 1. The summed E-state index contributed by atoms with van der Waals surface area (Å²) >= 11 is 0. The van der Waals surface area contributed by atoms with Gasteiger partial charge in [0.1, 0.15) is 5.75 Å². The van der Waals surface area contributed by atoms with Crippen molar-refractivity contribution in [1.29, 1.82) is 0 Å². The third kappa shape index (κ3) is 7.15. The number of hydrogen-bond acceptors (Lipinski definition) is 4. The molecule has 0 saturated carbocycles. The van der Waals surface area contributed by atoms with Crippen molar-refractivity contribution in [3.63, 3.8) is 0 Å². The summed E-state index contributed by atoms with van der Waals surface area (Å²) in [4.78, 5) is 27.1.